The predicted molar refractivity (Wildman–Crippen MR) is 53.1 cm³/mol. The highest BCUT2D eigenvalue weighted by molar-refractivity contribution is 7.90. The molecule has 0 heterocycles. The largest absolute Gasteiger partial charge is 0.460 e. The van der Waals surface area contributed by atoms with E-state index in [-0.39, 0.29) is 6.42 Å². The van der Waals surface area contributed by atoms with Crippen LogP contribution in [0.2, 0.25) is 0 Å². The van der Waals surface area contributed by atoms with Gasteiger partial charge in [0.1, 0.15) is 0 Å². The maximum atomic E-state index is 13.1. The van der Waals surface area contributed by atoms with Crippen LogP contribution in [0.1, 0.15) is 13.3 Å². The zero-order valence-electron chi connectivity index (χ0n) is 10.8. The average molecular weight is 391 g/mol. The van der Waals surface area contributed by atoms with Crippen LogP contribution in [-0.4, -0.2) is 44.2 Å². The first kappa shape index (κ1) is 22.1. The normalized spacial score (nSPS) is 15.8. The topological polar surface area (TPSA) is 46.2 Å². The molecule has 0 aliphatic carbocycles. The molecule has 0 aromatic rings. The van der Waals surface area contributed by atoms with Crippen molar-refractivity contribution in [1.82, 2.24) is 4.72 Å². The van der Waals surface area contributed by atoms with E-state index in [0.717, 1.165) is 6.92 Å². The minimum atomic E-state index is -7.75. The first-order valence-corrected chi connectivity index (χ1v) is 6.86. The van der Waals surface area contributed by atoms with E-state index in [4.69, 9.17) is 0 Å². The van der Waals surface area contributed by atoms with Crippen molar-refractivity contribution >= 4 is 10.0 Å². The third-order valence-corrected chi connectivity index (χ3v) is 3.91. The number of nitrogens with one attached hydrogen (secondary N) is 1. The van der Waals surface area contributed by atoms with Crippen LogP contribution in [-0.2, 0) is 10.0 Å². The van der Waals surface area contributed by atoms with Gasteiger partial charge in [0, 0.05) is 6.54 Å². The van der Waals surface area contributed by atoms with E-state index < -0.39 is 45.8 Å². The maximum Gasteiger partial charge on any atom is 0.460 e. The molecule has 0 spiro atoms. The van der Waals surface area contributed by atoms with Gasteiger partial charge in [-0.1, -0.05) is 6.92 Å². The fraction of sp³-hybridized carbons (Fsp3) is 1.00. The van der Waals surface area contributed by atoms with Crippen molar-refractivity contribution in [1.29, 1.82) is 0 Å². The lowest BCUT2D eigenvalue weighted by molar-refractivity contribution is -0.413. The molecule has 0 fully saturated rings. The van der Waals surface area contributed by atoms with E-state index >= 15 is 0 Å². The molecule has 140 valence electrons. The minimum Gasteiger partial charge on any atom is -0.210 e. The second kappa shape index (κ2) is 5.89. The van der Waals surface area contributed by atoms with Crippen LogP contribution in [0, 0.1) is 0 Å². The van der Waals surface area contributed by atoms with Crippen LogP contribution in [0.5, 0.6) is 0 Å². The van der Waals surface area contributed by atoms with Gasteiger partial charge in [-0.3, -0.25) is 0 Å². The van der Waals surface area contributed by atoms with E-state index in [1.165, 1.54) is 0 Å². The predicted octanol–water partition coefficient (Wildman–Crippen LogP) is 3.38. The lowest BCUT2D eigenvalue weighted by atomic mass is 10.0. The zero-order valence-corrected chi connectivity index (χ0v) is 11.6. The van der Waals surface area contributed by atoms with Crippen LogP contribution >= 0.6 is 0 Å². The third-order valence-electron chi connectivity index (χ3n) is 2.39. The smallest absolute Gasteiger partial charge is 0.210 e. The Hall–Kier alpha value is -0.860. The van der Waals surface area contributed by atoms with E-state index in [1.54, 1.807) is 0 Å². The standard InChI is InChI=1S/C8H8F11NO2S/c1-2-3-20-23(21,22)8(18,19)6(13,14)4(9,10)5(11,12)7(15,16)17/h20H,2-3H2,1H3. The maximum absolute atomic E-state index is 13.1. The van der Waals surface area contributed by atoms with Crippen molar-refractivity contribution in [3.63, 3.8) is 0 Å². The Labute approximate surface area is 121 Å². The Morgan fingerprint density at radius 1 is 0.739 bits per heavy atom. The molecular weight excluding hydrogens is 383 g/mol. The SMILES string of the molecule is CCCNS(=O)(=O)C(F)(F)C(F)(F)C(F)(F)C(F)(F)C(F)(F)F. The second-order valence-corrected chi connectivity index (χ2v) is 5.94. The summed E-state index contributed by atoms with van der Waals surface area (Å²) in [4.78, 5) is 0. The summed E-state index contributed by atoms with van der Waals surface area (Å²) in [7, 11) is -6.68. The second-order valence-electron chi connectivity index (χ2n) is 4.14. The van der Waals surface area contributed by atoms with Crippen molar-refractivity contribution in [2.75, 3.05) is 6.54 Å². The van der Waals surface area contributed by atoms with E-state index in [1.807, 2.05) is 0 Å². The summed E-state index contributed by atoms with van der Waals surface area (Å²) in [5.41, 5.74) is 0. The van der Waals surface area contributed by atoms with Gasteiger partial charge in [-0.2, -0.15) is 48.3 Å². The van der Waals surface area contributed by atoms with Gasteiger partial charge in [0.05, 0.1) is 0 Å². The molecule has 23 heavy (non-hydrogen) atoms. The Kier molecular flexibility index (Phi) is 5.67. The Balaban J connectivity index is 6.15. The molecule has 0 atom stereocenters. The quantitative estimate of drug-likeness (QED) is 0.677. The number of sulfonamides is 1. The number of hydrogen-bond donors (Lipinski definition) is 1. The monoisotopic (exact) mass is 391 g/mol. The summed E-state index contributed by atoms with van der Waals surface area (Å²) in [6.07, 6.45) is -7.63. The van der Waals surface area contributed by atoms with Gasteiger partial charge in [-0.25, -0.2) is 13.1 Å². The van der Waals surface area contributed by atoms with E-state index in [0.29, 0.717) is 4.72 Å². The van der Waals surface area contributed by atoms with Crippen molar-refractivity contribution < 1.29 is 56.7 Å². The van der Waals surface area contributed by atoms with Crippen LogP contribution in [0.4, 0.5) is 48.3 Å². The van der Waals surface area contributed by atoms with Crippen LogP contribution in [0.15, 0.2) is 0 Å². The molecule has 0 saturated heterocycles. The highest BCUT2D eigenvalue weighted by Crippen LogP contribution is 2.58. The van der Waals surface area contributed by atoms with Gasteiger partial charge in [0.2, 0.25) is 0 Å². The molecule has 0 aromatic heterocycles. The molecule has 3 nitrogen and oxygen atoms in total. The highest BCUT2D eigenvalue weighted by Gasteiger charge is 2.89. The Morgan fingerprint density at radius 2 is 1.13 bits per heavy atom. The number of hydrogen-bond acceptors (Lipinski definition) is 2. The molecule has 0 aromatic carbocycles. The summed E-state index contributed by atoms with van der Waals surface area (Å²) in [5.74, 6) is -22.9. The number of halogens is 11. The van der Waals surface area contributed by atoms with Crippen molar-refractivity contribution in [3.05, 3.63) is 0 Å². The molecule has 0 aliphatic heterocycles. The van der Waals surface area contributed by atoms with Gasteiger partial charge in [0.15, 0.2) is 0 Å². The molecule has 0 bridgehead atoms. The lowest BCUT2D eigenvalue weighted by Gasteiger charge is -2.36. The zero-order chi connectivity index (χ0) is 19.1. The van der Waals surface area contributed by atoms with Crippen molar-refractivity contribution in [2.45, 2.75) is 42.5 Å². The van der Waals surface area contributed by atoms with Gasteiger partial charge in [-0.15, -0.1) is 0 Å². The van der Waals surface area contributed by atoms with Crippen LogP contribution < -0.4 is 4.72 Å². The minimum absolute atomic E-state index is 0.296. The van der Waals surface area contributed by atoms with Gasteiger partial charge in [0.25, 0.3) is 10.0 Å². The molecular formula is C8H8F11NO2S. The Bertz CT molecular complexity index is 525. The summed E-state index contributed by atoms with van der Waals surface area (Å²) < 4.78 is 161. The molecule has 15 heteroatoms. The molecule has 0 radical (unpaired) electrons. The fourth-order valence-corrected chi connectivity index (χ4v) is 2.17. The lowest BCUT2D eigenvalue weighted by Crippen LogP contribution is -2.69. The van der Waals surface area contributed by atoms with Crippen LogP contribution in [0.25, 0.3) is 0 Å². The summed E-state index contributed by atoms with van der Waals surface area (Å²) in [5, 5.41) is -6.95. The molecule has 0 rings (SSSR count). The number of alkyl halides is 11. The van der Waals surface area contributed by atoms with Gasteiger partial charge in [-0.05, 0) is 6.42 Å². The first-order valence-electron chi connectivity index (χ1n) is 5.38. The molecule has 0 amide bonds. The molecule has 0 aliphatic rings. The average Bonchev–Trinajstić information content (AvgIpc) is 2.34. The summed E-state index contributed by atoms with van der Waals surface area (Å²) in [6.45, 7) is 0.153. The van der Waals surface area contributed by atoms with E-state index in [2.05, 4.69) is 0 Å². The fourth-order valence-electron chi connectivity index (χ4n) is 1.05. The van der Waals surface area contributed by atoms with E-state index in [9.17, 15) is 56.7 Å². The molecule has 0 saturated carbocycles. The van der Waals surface area contributed by atoms with Gasteiger partial charge >= 0.3 is 29.2 Å². The third kappa shape index (κ3) is 3.21. The molecule has 1 N–H and O–H groups in total. The Morgan fingerprint density at radius 3 is 1.43 bits per heavy atom. The van der Waals surface area contributed by atoms with Gasteiger partial charge < -0.3 is 0 Å². The van der Waals surface area contributed by atoms with Crippen LogP contribution in [0.3, 0.4) is 0 Å². The van der Waals surface area contributed by atoms with Crippen molar-refractivity contribution in [3.8, 4) is 0 Å². The summed E-state index contributed by atoms with van der Waals surface area (Å²) in [6, 6.07) is 0. The first-order chi connectivity index (χ1) is 9.81. The summed E-state index contributed by atoms with van der Waals surface area (Å²) >= 11 is 0. The molecule has 0 unspecified atom stereocenters. The number of rotatable bonds is 7. The van der Waals surface area contributed by atoms with Crippen molar-refractivity contribution in [2.24, 2.45) is 0 Å². The highest BCUT2D eigenvalue weighted by atomic mass is 32.2.